The predicted octanol–water partition coefficient (Wildman–Crippen LogP) is 3.81. The molecule has 0 saturated heterocycles. The Hall–Kier alpha value is -1.43. The fraction of sp³-hybridized carbons (Fsp3) is 0.824. The highest BCUT2D eigenvalue weighted by Gasteiger charge is 2.16. The van der Waals surface area contributed by atoms with Crippen LogP contribution < -0.4 is 5.73 Å². The summed E-state index contributed by atoms with van der Waals surface area (Å²) in [5.41, 5.74) is 5.78. The van der Waals surface area contributed by atoms with Gasteiger partial charge in [-0.2, -0.15) is 0 Å². The molecule has 0 aliphatic heterocycles. The highest BCUT2D eigenvalue weighted by atomic mass is 16.7. The first-order valence-corrected chi connectivity index (χ1v) is 8.69. The number of Topliss-reactive ketones (excluding diaryl/α,β-unsaturated/α-hetero) is 1. The maximum Gasteiger partial charge on any atom is 0.513 e. The molecule has 6 heteroatoms. The lowest BCUT2D eigenvalue weighted by atomic mass is 10.0. The summed E-state index contributed by atoms with van der Waals surface area (Å²) in [6.07, 6.45) is 9.50. The number of ketones is 1. The molecule has 134 valence electrons. The van der Waals surface area contributed by atoms with Crippen LogP contribution in [0.25, 0.3) is 0 Å². The highest BCUT2D eigenvalue weighted by molar-refractivity contribution is 5.88. The number of esters is 1. The van der Waals surface area contributed by atoms with Crippen molar-refractivity contribution in [2.75, 3.05) is 0 Å². The van der Waals surface area contributed by atoms with Gasteiger partial charge in [0.25, 0.3) is 0 Å². The molecule has 0 aliphatic carbocycles. The van der Waals surface area contributed by atoms with E-state index >= 15 is 0 Å². The SMILES string of the molecule is CCCCCCCCCCCC(N)C(=O)CCC(=O)OC(=O)O. The Balaban J connectivity index is 3.54. The predicted molar refractivity (Wildman–Crippen MR) is 88.2 cm³/mol. The van der Waals surface area contributed by atoms with Crippen molar-refractivity contribution in [3.8, 4) is 0 Å². The zero-order valence-corrected chi connectivity index (χ0v) is 14.2. The van der Waals surface area contributed by atoms with Gasteiger partial charge in [0.1, 0.15) is 5.78 Å². The normalized spacial score (nSPS) is 11.9. The molecule has 0 aromatic heterocycles. The Morgan fingerprint density at radius 2 is 1.43 bits per heavy atom. The molecule has 6 nitrogen and oxygen atoms in total. The molecular weight excluding hydrogens is 298 g/mol. The molecule has 0 saturated carbocycles. The molecule has 0 bridgehead atoms. The average molecular weight is 329 g/mol. The van der Waals surface area contributed by atoms with Gasteiger partial charge < -0.3 is 15.6 Å². The van der Waals surface area contributed by atoms with Crippen LogP contribution in [0.4, 0.5) is 4.79 Å². The van der Waals surface area contributed by atoms with Gasteiger partial charge in [0, 0.05) is 6.42 Å². The van der Waals surface area contributed by atoms with Crippen LogP contribution in [-0.4, -0.2) is 29.1 Å². The van der Waals surface area contributed by atoms with Gasteiger partial charge in [0.05, 0.1) is 12.5 Å². The largest absolute Gasteiger partial charge is 0.513 e. The number of hydrogen-bond acceptors (Lipinski definition) is 5. The first-order valence-electron chi connectivity index (χ1n) is 8.69. The number of ether oxygens (including phenoxy) is 1. The van der Waals surface area contributed by atoms with Crippen LogP contribution in [0.5, 0.6) is 0 Å². The van der Waals surface area contributed by atoms with Crippen LogP contribution in [0.1, 0.15) is 84.0 Å². The molecule has 0 rings (SSSR count). The van der Waals surface area contributed by atoms with Gasteiger partial charge in [0.15, 0.2) is 0 Å². The minimum Gasteiger partial charge on any atom is -0.449 e. The van der Waals surface area contributed by atoms with E-state index in [0.29, 0.717) is 6.42 Å². The lowest BCUT2D eigenvalue weighted by Gasteiger charge is -2.10. The van der Waals surface area contributed by atoms with E-state index in [1.807, 2.05) is 0 Å². The van der Waals surface area contributed by atoms with Crippen LogP contribution in [0, 0.1) is 0 Å². The van der Waals surface area contributed by atoms with E-state index in [1.165, 1.54) is 38.5 Å². The second kappa shape index (κ2) is 14.2. The molecule has 0 heterocycles. The monoisotopic (exact) mass is 329 g/mol. The van der Waals surface area contributed by atoms with Crippen molar-refractivity contribution in [2.45, 2.75) is 90.0 Å². The fourth-order valence-corrected chi connectivity index (χ4v) is 2.39. The Kier molecular flexibility index (Phi) is 13.3. The number of carboxylic acid groups (broad SMARTS) is 1. The number of carbonyl (C=O) groups excluding carboxylic acids is 2. The number of hydrogen-bond donors (Lipinski definition) is 2. The second-order valence-corrected chi connectivity index (χ2v) is 5.93. The molecule has 0 aromatic rings. The lowest BCUT2D eigenvalue weighted by molar-refractivity contribution is -0.140. The summed E-state index contributed by atoms with van der Waals surface area (Å²) in [5.74, 6) is -1.13. The minimum atomic E-state index is -1.65. The van der Waals surface area contributed by atoms with Gasteiger partial charge in [-0.25, -0.2) is 4.79 Å². The van der Waals surface area contributed by atoms with Crippen molar-refractivity contribution in [2.24, 2.45) is 5.73 Å². The van der Waals surface area contributed by atoms with Crippen molar-refractivity contribution < 1.29 is 24.2 Å². The number of rotatable bonds is 14. The van der Waals surface area contributed by atoms with Crippen LogP contribution in [0.3, 0.4) is 0 Å². The number of unbranched alkanes of at least 4 members (excludes halogenated alkanes) is 8. The maximum atomic E-state index is 11.7. The van der Waals surface area contributed by atoms with Gasteiger partial charge >= 0.3 is 12.1 Å². The summed E-state index contributed by atoms with van der Waals surface area (Å²) in [6.45, 7) is 2.21. The molecule has 3 N–H and O–H groups in total. The first-order chi connectivity index (χ1) is 11.0. The quantitative estimate of drug-likeness (QED) is 0.285. The molecule has 0 fully saturated rings. The Morgan fingerprint density at radius 3 is 1.96 bits per heavy atom. The molecule has 1 atom stereocenters. The topological polar surface area (TPSA) is 107 Å². The van der Waals surface area contributed by atoms with Gasteiger partial charge in [-0.05, 0) is 6.42 Å². The third-order valence-corrected chi connectivity index (χ3v) is 3.81. The van der Waals surface area contributed by atoms with Crippen LogP contribution >= 0.6 is 0 Å². The van der Waals surface area contributed by atoms with Gasteiger partial charge in [-0.1, -0.05) is 64.7 Å². The minimum absolute atomic E-state index is 0.0648. The number of nitrogens with two attached hydrogens (primary N) is 1. The fourth-order valence-electron chi connectivity index (χ4n) is 2.39. The average Bonchev–Trinajstić information content (AvgIpc) is 2.50. The zero-order chi connectivity index (χ0) is 17.5. The molecule has 23 heavy (non-hydrogen) atoms. The molecule has 0 spiro atoms. The van der Waals surface area contributed by atoms with Gasteiger partial charge in [-0.3, -0.25) is 9.59 Å². The second-order valence-electron chi connectivity index (χ2n) is 5.93. The standard InChI is InChI=1S/C17H31NO5/c1-2-3-4-5-6-7-8-9-10-11-14(18)15(19)12-13-16(20)23-17(21)22/h14H,2-13,18H2,1H3,(H,21,22). The molecular formula is C17H31NO5. The van der Waals surface area contributed by atoms with E-state index in [0.717, 1.165) is 19.3 Å². The lowest BCUT2D eigenvalue weighted by Crippen LogP contribution is -2.30. The van der Waals surface area contributed by atoms with Crippen LogP contribution in [0.2, 0.25) is 0 Å². The summed E-state index contributed by atoms with van der Waals surface area (Å²) in [7, 11) is 0. The van der Waals surface area contributed by atoms with Crippen LogP contribution in [-0.2, 0) is 14.3 Å². The van der Waals surface area contributed by atoms with E-state index in [4.69, 9.17) is 10.8 Å². The molecule has 1 unspecified atom stereocenters. The Bertz CT molecular complexity index is 357. The number of carbonyl (C=O) groups is 3. The smallest absolute Gasteiger partial charge is 0.449 e. The van der Waals surface area contributed by atoms with Crippen molar-refractivity contribution >= 4 is 17.9 Å². The summed E-state index contributed by atoms with van der Waals surface area (Å²) < 4.78 is 3.93. The zero-order valence-electron chi connectivity index (χ0n) is 14.2. The van der Waals surface area contributed by atoms with Gasteiger partial charge in [-0.15, -0.1) is 0 Å². The summed E-state index contributed by atoms with van der Waals surface area (Å²) in [4.78, 5) is 32.9. The first kappa shape index (κ1) is 21.6. The Morgan fingerprint density at radius 1 is 0.913 bits per heavy atom. The van der Waals surface area contributed by atoms with E-state index in [9.17, 15) is 14.4 Å². The van der Waals surface area contributed by atoms with Crippen molar-refractivity contribution in [1.29, 1.82) is 0 Å². The summed E-state index contributed by atoms with van der Waals surface area (Å²) in [5, 5.41) is 8.25. The van der Waals surface area contributed by atoms with Gasteiger partial charge in [0.2, 0.25) is 0 Å². The van der Waals surface area contributed by atoms with E-state index in [2.05, 4.69) is 11.7 Å². The van der Waals surface area contributed by atoms with Crippen molar-refractivity contribution in [3.63, 3.8) is 0 Å². The third-order valence-electron chi connectivity index (χ3n) is 3.81. The van der Waals surface area contributed by atoms with E-state index in [1.54, 1.807) is 0 Å². The molecule has 0 amide bonds. The summed E-state index contributed by atoms with van der Waals surface area (Å²) >= 11 is 0. The summed E-state index contributed by atoms with van der Waals surface area (Å²) in [6, 6.07) is -0.572. The molecule has 0 aliphatic rings. The molecule has 0 aromatic carbocycles. The Labute approximate surface area is 138 Å². The maximum absolute atomic E-state index is 11.7. The highest BCUT2D eigenvalue weighted by Crippen LogP contribution is 2.11. The van der Waals surface area contributed by atoms with E-state index < -0.39 is 18.2 Å². The molecule has 0 radical (unpaired) electrons. The third kappa shape index (κ3) is 13.9. The van der Waals surface area contributed by atoms with Crippen molar-refractivity contribution in [3.05, 3.63) is 0 Å². The van der Waals surface area contributed by atoms with Crippen molar-refractivity contribution in [1.82, 2.24) is 0 Å². The van der Waals surface area contributed by atoms with E-state index in [-0.39, 0.29) is 18.6 Å². The van der Waals surface area contributed by atoms with Crippen LogP contribution in [0.15, 0.2) is 0 Å².